The number of ether oxygens (including phenoxy) is 1. The largest absolute Gasteiger partial charge is 0.354 e. The first-order valence-electron chi connectivity index (χ1n) is 10.1. The minimum atomic E-state index is 0.217. The summed E-state index contributed by atoms with van der Waals surface area (Å²) in [5.41, 5.74) is 1.32. The normalized spacial score (nSPS) is 30.5. The molecule has 0 spiro atoms. The van der Waals surface area contributed by atoms with Gasteiger partial charge < -0.3 is 4.74 Å². The SMILES string of the molecule is CCC[C@H](C[C@@H]1O[C@H](c2ccccc2)[C@H](C)N1C)C1CCCCC1. The van der Waals surface area contributed by atoms with E-state index in [-0.39, 0.29) is 12.3 Å². The van der Waals surface area contributed by atoms with Gasteiger partial charge in [0.2, 0.25) is 0 Å². The fourth-order valence-electron chi connectivity index (χ4n) is 4.86. The van der Waals surface area contributed by atoms with Gasteiger partial charge >= 0.3 is 0 Å². The number of benzene rings is 1. The summed E-state index contributed by atoms with van der Waals surface area (Å²) in [5.74, 6) is 1.77. The third-order valence-electron chi connectivity index (χ3n) is 6.45. The van der Waals surface area contributed by atoms with Crippen LogP contribution in [0, 0.1) is 11.8 Å². The van der Waals surface area contributed by atoms with E-state index < -0.39 is 0 Å². The minimum Gasteiger partial charge on any atom is -0.354 e. The molecule has 4 atom stereocenters. The first kappa shape index (κ1) is 17.9. The molecule has 2 aliphatic rings. The molecule has 1 saturated carbocycles. The van der Waals surface area contributed by atoms with Crippen LogP contribution in [0.15, 0.2) is 30.3 Å². The van der Waals surface area contributed by atoms with E-state index in [2.05, 4.69) is 56.1 Å². The Morgan fingerprint density at radius 1 is 1.12 bits per heavy atom. The quantitative estimate of drug-likeness (QED) is 0.655. The van der Waals surface area contributed by atoms with Crippen LogP contribution in [-0.2, 0) is 4.74 Å². The van der Waals surface area contributed by atoms with Crippen molar-refractivity contribution in [2.75, 3.05) is 7.05 Å². The number of rotatable bonds is 6. The van der Waals surface area contributed by atoms with Crippen LogP contribution in [0.1, 0.15) is 76.9 Å². The molecular weight excluding hydrogens is 294 g/mol. The molecule has 0 aromatic heterocycles. The highest BCUT2D eigenvalue weighted by molar-refractivity contribution is 5.20. The smallest absolute Gasteiger partial charge is 0.111 e. The monoisotopic (exact) mass is 329 g/mol. The average Bonchev–Trinajstić information content (AvgIpc) is 2.91. The Morgan fingerprint density at radius 2 is 1.83 bits per heavy atom. The maximum absolute atomic E-state index is 6.57. The van der Waals surface area contributed by atoms with Crippen LogP contribution < -0.4 is 0 Å². The topological polar surface area (TPSA) is 12.5 Å². The van der Waals surface area contributed by atoms with E-state index in [0.717, 1.165) is 11.8 Å². The van der Waals surface area contributed by atoms with Gasteiger partial charge in [0.25, 0.3) is 0 Å². The maximum Gasteiger partial charge on any atom is 0.111 e. The molecule has 24 heavy (non-hydrogen) atoms. The molecule has 0 radical (unpaired) electrons. The molecule has 3 rings (SSSR count). The summed E-state index contributed by atoms with van der Waals surface area (Å²) in [6, 6.07) is 11.2. The standard InChI is InChI=1S/C22H35NO/c1-4-11-20(18-12-7-5-8-13-18)16-21-23(3)17(2)22(24-21)19-14-9-6-10-15-19/h6,9-10,14-15,17-18,20-22H,4-5,7-8,11-13,16H2,1-3H3/t17-,20+,21-,22-/m0/s1. The Hall–Kier alpha value is -0.860. The van der Waals surface area contributed by atoms with Crippen molar-refractivity contribution < 1.29 is 4.74 Å². The van der Waals surface area contributed by atoms with Crippen molar-refractivity contribution in [2.24, 2.45) is 11.8 Å². The van der Waals surface area contributed by atoms with Gasteiger partial charge in [-0.15, -0.1) is 0 Å². The number of likely N-dealkylation sites (N-methyl/N-ethyl adjacent to an activating group) is 1. The zero-order chi connectivity index (χ0) is 16.9. The molecule has 0 unspecified atom stereocenters. The van der Waals surface area contributed by atoms with Crippen LogP contribution in [0.2, 0.25) is 0 Å². The van der Waals surface area contributed by atoms with Crippen molar-refractivity contribution in [1.29, 1.82) is 0 Å². The summed E-state index contributed by atoms with van der Waals surface area (Å²) in [6.07, 6.45) is 11.6. The van der Waals surface area contributed by atoms with E-state index in [1.54, 1.807) is 0 Å². The third kappa shape index (κ3) is 4.03. The van der Waals surface area contributed by atoms with Gasteiger partial charge in [-0.05, 0) is 37.8 Å². The fourth-order valence-corrected chi connectivity index (χ4v) is 4.86. The van der Waals surface area contributed by atoms with E-state index in [1.165, 1.54) is 56.9 Å². The summed E-state index contributed by atoms with van der Waals surface area (Å²) in [4.78, 5) is 2.48. The molecule has 134 valence electrons. The molecule has 1 heterocycles. The number of hydrogen-bond acceptors (Lipinski definition) is 2. The van der Waals surface area contributed by atoms with Gasteiger partial charge in [0.1, 0.15) is 6.23 Å². The van der Waals surface area contributed by atoms with E-state index in [4.69, 9.17) is 4.74 Å². The maximum atomic E-state index is 6.57. The zero-order valence-electron chi connectivity index (χ0n) is 15.8. The van der Waals surface area contributed by atoms with E-state index in [1.807, 2.05) is 0 Å². The lowest BCUT2D eigenvalue weighted by atomic mass is 9.76. The van der Waals surface area contributed by atoms with Gasteiger partial charge in [-0.25, -0.2) is 0 Å². The molecule has 1 aromatic carbocycles. The van der Waals surface area contributed by atoms with Crippen molar-refractivity contribution >= 4 is 0 Å². The molecular formula is C22H35NO. The highest BCUT2D eigenvalue weighted by Gasteiger charge is 2.39. The molecule has 2 heteroatoms. The van der Waals surface area contributed by atoms with E-state index >= 15 is 0 Å². The van der Waals surface area contributed by atoms with Crippen LogP contribution in [0.25, 0.3) is 0 Å². The minimum absolute atomic E-state index is 0.217. The Balaban J connectivity index is 1.66. The summed E-state index contributed by atoms with van der Waals surface area (Å²) >= 11 is 0. The van der Waals surface area contributed by atoms with Crippen LogP contribution in [0.3, 0.4) is 0 Å². The van der Waals surface area contributed by atoms with Gasteiger partial charge in [-0.2, -0.15) is 0 Å². The van der Waals surface area contributed by atoms with E-state index in [9.17, 15) is 0 Å². The van der Waals surface area contributed by atoms with Crippen LogP contribution >= 0.6 is 0 Å². The Kier molecular flexibility index (Phi) is 6.35. The lowest BCUT2D eigenvalue weighted by Crippen LogP contribution is -2.34. The van der Waals surface area contributed by atoms with Gasteiger partial charge in [0, 0.05) is 6.04 Å². The summed E-state index contributed by atoms with van der Waals surface area (Å²) in [5, 5.41) is 0. The molecule has 2 nitrogen and oxygen atoms in total. The average molecular weight is 330 g/mol. The molecule has 1 aliphatic heterocycles. The predicted octanol–water partition coefficient (Wildman–Crippen LogP) is 5.79. The summed E-state index contributed by atoms with van der Waals surface area (Å²) in [6.45, 7) is 4.65. The van der Waals surface area contributed by atoms with Crippen molar-refractivity contribution in [3.63, 3.8) is 0 Å². The molecule has 2 fully saturated rings. The zero-order valence-corrected chi connectivity index (χ0v) is 15.8. The molecule has 0 amide bonds. The lowest BCUT2D eigenvalue weighted by Gasteiger charge is -2.33. The number of nitrogens with zero attached hydrogens (tertiary/aromatic N) is 1. The molecule has 1 aromatic rings. The van der Waals surface area contributed by atoms with Gasteiger partial charge in [0.05, 0.1) is 6.10 Å². The highest BCUT2D eigenvalue weighted by Crippen LogP contribution is 2.40. The lowest BCUT2D eigenvalue weighted by molar-refractivity contribution is -0.0179. The Bertz CT molecular complexity index is 482. The van der Waals surface area contributed by atoms with Crippen LogP contribution in [0.5, 0.6) is 0 Å². The van der Waals surface area contributed by atoms with Crippen LogP contribution in [0.4, 0.5) is 0 Å². The molecule has 1 saturated heterocycles. The molecule has 1 aliphatic carbocycles. The van der Waals surface area contributed by atoms with Crippen molar-refractivity contribution in [1.82, 2.24) is 4.90 Å². The first-order chi connectivity index (χ1) is 11.7. The van der Waals surface area contributed by atoms with E-state index in [0.29, 0.717) is 6.04 Å². The molecule has 0 N–H and O–H groups in total. The van der Waals surface area contributed by atoms with Crippen molar-refractivity contribution in [3.8, 4) is 0 Å². The second kappa shape index (κ2) is 8.49. The van der Waals surface area contributed by atoms with Gasteiger partial charge in [-0.3, -0.25) is 4.90 Å². The Morgan fingerprint density at radius 3 is 2.50 bits per heavy atom. The van der Waals surface area contributed by atoms with Gasteiger partial charge in [0.15, 0.2) is 0 Å². The second-order valence-electron chi connectivity index (χ2n) is 8.01. The molecule has 0 bridgehead atoms. The number of hydrogen-bond donors (Lipinski definition) is 0. The Labute approximate surface area is 148 Å². The summed E-state index contributed by atoms with van der Waals surface area (Å²) in [7, 11) is 2.25. The highest BCUT2D eigenvalue weighted by atomic mass is 16.5. The van der Waals surface area contributed by atoms with Gasteiger partial charge in [-0.1, -0.05) is 82.2 Å². The fraction of sp³-hybridized carbons (Fsp3) is 0.727. The van der Waals surface area contributed by atoms with Crippen LogP contribution in [-0.4, -0.2) is 24.2 Å². The second-order valence-corrected chi connectivity index (χ2v) is 8.01. The van der Waals surface area contributed by atoms with Crippen molar-refractivity contribution in [2.45, 2.75) is 83.6 Å². The third-order valence-corrected chi connectivity index (χ3v) is 6.45. The van der Waals surface area contributed by atoms with Crippen molar-refractivity contribution in [3.05, 3.63) is 35.9 Å². The predicted molar refractivity (Wildman–Crippen MR) is 101 cm³/mol. The first-order valence-corrected chi connectivity index (χ1v) is 10.1. The summed E-state index contributed by atoms with van der Waals surface area (Å²) < 4.78 is 6.57.